The van der Waals surface area contributed by atoms with Crippen LogP contribution in [0.4, 0.5) is 0 Å². The van der Waals surface area contributed by atoms with Crippen LogP contribution in [0.1, 0.15) is 38.4 Å². The maximum absolute atomic E-state index is 5.67. The van der Waals surface area contributed by atoms with Crippen LogP contribution < -0.4 is 11.3 Å². The summed E-state index contributed by atoms with van der Waals surface area (Å²) >= 11 is 2.03. The molecule has 1 aromatic heterocycles. The third kappa shape index (κ3) is 3.24. The summed E-state index contributed by atoms with van der Waals surface area (Å²) < 4.78 is 2.00. The molecule has 1 fully saturated rings. The topological polar surface area (TPSA) is 55.9 Å². The molecular formula is C12H22N4S. The van der Waals surface area contributed by atoms with E-state index >= 15 is 0 Å². The van der Waals surface area contributed by atoms with Gasteiger partial charge in [0, 0.05) is 30.0 Å². The number of nitrogens with zero attached hydrogens (tertiary/aromatic N) is 2. The van der Waals surface area contributed by atoms with E-state index in [1.54, 1.807) is 0 Å². The van der Waals surface area contributed by atoms with E-state index in [2.05, 4.69) is 36.6 Å². The van der Waals surface area contributed by atoms with E-state index in [0.29, 0.717) is 17.3 Å². The molecule has 0 aliphatic carbocycles. The fraction of sp³-hybridized carbons (Fsp3) is 0.750. The lowest BCUT2D eigenvalue weighted by atomic mass is 10.1. The third-order valence-corrected chi connectivity index (χ3v) is 4.77. The summed E-state index contributed by atoms with van der Waals surface area (Å²) in [4.78, 5) is 0. The number of nitrogens with one attached hydrogen (secondary N) is 1. The fourth-order valence-electron chi connectivity index (χ4n) is 2.22. The molecule has 2 atom stereocenters. The molecule has 0 aromatic carbocycles. The van der Waals surface area contributed by atoms with E-state index in [-0.39, 0.29) is 0 Å². The van der Waals surface area contributed by atoms with Gasteiger partial charge in [-0.2, -0.15) is 16.9 Å². The van der Waals surface area contributed by atoms with E-state index in [0.717, 1.165) is 12.1 Å². The summed E-state index contributed by atoms with van der Waals surface area (Å²) in [6.45, 7) is 4.28. The Morgan fingerprint density at radius 3 is 3.00 bits per heavy atom. The van der Waals surface area contributed by atoms with Crippen LogP contribution in [-0.4, -0.2) is 26.8 Å². The molecule has 3 N–H and O–H groups in total. The van der Waals surface area contributed by atoms with Crippen molar-refractivity contribution in [3.63, 3.8) is 0 Å². The molecule has 2 rings (SSSR count). The second-order valence-electron chi connectivity index (χ2n) is 4.91. The number of nitrogens with two attached hydrogens (primary N) is 1. The summed E-state index contributed by atoms with van der Waals surface area (Å²) in [6.07, 6.45) is 5.56. The Kier molecular flexibility index (Phi) is 4.48. The minimum Gasteiger partial charge on any atom is -0.271 e. The predicted octanol–water partition coefficient (Wildman–Crippen LogP) is 1.73. The van der Waals surface area contributed by atoms with Crippen LogP contribution in [0.25, 0.3) is 0 Å². The highest BCUT2D eigenvalue weighted by atomic mass is 32.2. The van der Waals surface area contributed by atoms with Crippen LogP contribution in [0.3, 0.4) is 0 Å². The molecule has 0 saturated carbocycles. The number of hydrazine groups is 1. The van der Waals surface area contributed by atoms with Gasteiger partial charge in [-0.25, -0.2) is 0 Å². The molecule has 96 valence electrons. The van der Waals surface area contributed by atoms with Gasteiger partial charge in [-0.1, -0.05) is 0 Å². The molecular weight excluding hydrogens is 232 g/mol. The highest BCUT2D eigenvalue weighted by Gasteiger charge is 2.25. The van der Waals surface area contributed by atoms with Gasteiger partial charge >= 0.3 is 0 Å². The quantitative estimate of drug-likeness (QED) is 0.621. The first kappa shape index (κ1) is 12.9. The van der Waals surface area contributed by atoms with Crippen molar-refractivity contribution in [2.24, 2.45) is 5.84 Å². The van der Waals surface area contributed by atoms with E-state index < -0.39 is 0 Å². The van der Waals surface area contributed by atoms with Crippen molar-refractivity contribution in [2.75, 3.05) is 5.75 Å². The van der Waals surface area contributed by atoms with Crippen LogP contribution >= 0.6 is 11.8 Å². The normalized spacial score (nSPS) is 22.2. The third-order valence-electron chi connectivity index (χ3n) is 3.25. The van der Waals surface area contributed by atoms with E-state index in [1.807, 2.05) is 16.4 Å². The first-order valence-electron chi connectivity index (χ1n) is 6.32. The molecule has 17 heavy (non-hydrogen) atoms. The lowest BCUT2D eigenvalue weighted by molar-refractivity contribution is 0.478. The summed E-state index contributed by atoms with van der Waals surface area (Å²) in [6, 6.07) is 2.87. The highest BCUT2D eigenvalue weighted by molar-refractivity contribution is 8.00. The van der Waals surface area contributed by atoms with Gasteiger partial charge in [0.15, 0.2) is 0 Å². The zero-order valence-corrected chi connectivity index (χ0v) is 11.4. The van der Waals surface area contributed by atoms with Crippen LogP contribution in [-0.2, 0) is 6.42 Å². The largest absolute Gasteiger partial charge is 0.271 e. The molecule has 2 heterocycles. The van der Waals surface area contributed by atoms with Gasteiger partial charge in [0.25, 0.3) is 0 Å². The maximum atomic E-state index is 5.67. The summed E-state index contributed by atoms with van der Waals surface area (Å²) in [5, 5.41) is 5.22. The molecule has 4 nitrogen and oxygen atoms in total. The van der Waals surface area contributed by atoms with Gasteiger partial charge in [-0.3, -0.25) is 16.0 Å². The molecule has 0 spiro atoms. The maximum Gasteiger partial charge on any atom is 0.0641 e. The van der Waals surface area contributed by atoms with Crippen LogP contribution in [0.15, 0.2) is 12.3 Å². The summed E-state index contributed by atoms with van der Waals surface area (Å²) in [5.74, 6) is 6.94. The highest BCUT2D eigenvalue weighted by Crippen LogP contribution is 2.29. The van der Waals surface area contributed by atoms with Gasteiger partial charge < -0.3 is 0 Å². The van der Waals surface area contributed by atoms with Crippen LogP contribution in [0.5, 0.6) is 0 Å². The first-order valence-corrected chi connectivity index (χ1v) is 7.37. The molecule has 0 bridgehead atoms. The summed E-state index contributed by atoms with van der Waals surface area (Å²) in [7, 11) is 0. The van der Waals surface area contributed by atoms with Crippen molar-refractivity contribution in [3.8, 4) is 0 Å². The van der Waals surface area contributed by atoms with E-state index in [9.17, 15) is 0 Å². The smallest absolute Gasteiger partial charge is 0.0641 e. The van der Waals surface area contributed by atoms with Crippen molar-refractivity contribution >= 4 is 11.8 Å². The van der Waals surface area contributed by atoms with E-state index in [1.165, 1.54) is 18.6 Å². The molecule has 1 aliphatic heterocycles. The number of rotatable bonds is 5. The van der Waals surface area contributed by atoms with Gasteiger partial charge in [0.1, 0.15) is 0 Å². The monoisotopic (exact) mass is 254 g/mol. The van der Waals surface area contributed by atoms with Gasteiger partial charge in [0.2, 0.25) is 0 Å². The molecule has 1 saturated heterocycles. The van der Waals surface area contributed by atoms with Gasteiger partial charge in [-0.05, 0) is 38.5 Å². The Hall–Kier alpha value is -0.520. The number of aromatic nitrogens is 2. The van der Waals surface area contributed by atoms with Crippen molar-refractivity contribution in [1.29, 1.82) is 0 Å². The Morgan fingerprint density at radius 2 is 2.47 bits per heavy atom. The molecule has 1 aromatic rings. The zero-order chi connectivity index (χ0) is 12.3. The number of thioether (sulfide) groups is 1. The number of hydrogen-bond donors (Lipinski definition) is 2. The van der Waals surface area contributed by atoms with Crippen LogP contribution in [0.2, 0.25) is 0 Å². The average molecular weight is 254 g/mol. The second-order valence-corrected chi connectivity index (χ2v) is 6.26. The predicted molar refractivity (Wildman–Crippen MR) is 72.9 cm³/mol. The zero-order valence-electron chi connectivity index (χ0n) is 10.6. The Bertz CT molecular complexity index is 344. The molecule has 1 aliphatic rings. The lowest BCUT2D eigenvalue weighted by Gasteiger charge is -2.20. The van der Waals surface area contributed by atoms with Crippen molar-refractivity contribution in [3.05, 3.63) is 18.0 Å². The van der Waals surface area contributed by atoms with Crippen LogP contribution in [0, 0.1) is 0 Å². The molecule has 0 amide bonds. The van der Waals surface area contributed by atoms with Gasteiger partial charge in [0.05, 0.1) is 5.69 Å². The Labute approximate surface area is 107 Å². The first-order chi connectivity index (χ1) is 8.20. The van der Waals surface area contributed by atoms with Gasteiger partial charge in [-0.15, -0.1) is 0 Å². The fourth-order valence-corrected chi connectivity index (χ4v) is 3.59. The van der Waals surface area contributed by atoms with Crippen molar-refractivity contribution < 1.29 is 0 Å². The second kappa shape index (κ2) is 5.89. The molecule has 5 heteroatoms. The minimum atomic E-state index is 0.345. The van der Waals surface area contributed by atoms with Crippen molar-refractivity contribution in [2.45, 2.75) is 50.4 Å². The lowest BCUT2D eigenvalue weighted by Crippen LogP contribution is -2.43. The average Bonchev–Trinajstić information content (AvgIpc) is 2.96. The number of hydrogen-bond acceptors (Lipinski definition) is 4. The standard InChI is InChI=1S/C12H22N4S/c1-9(2)16-6-5-10(15-16)8-11(14-13)12-4-3-7-17-12/h5-6,9,11-12,14H,3-4,7-8,13H2,1-2H3. The van der Waals surface area contributed by atoms with Crippen molar-refractivity contribution in [1.82, 2.24) is 15.2 Å². The Morgan fingerprint density at radius 1 is 1.65 bits per heavy atom. The SMILES string of the molecule is CC(C)n1ccc(CC(NN)C2CCCS2)n1. The summed E-state index contributed by atoms with van der Waals surface area (Å²) in [5.41, 5.74) is 4.09. The molecule has 2 unspecified atom stereocenters. The Balaban J connectivity index is 1.97. The minimum absolute atomic E-state index is 0.345. The molecule has 0 radical (unpaired) electrons. The van der Waals surface area contributed by atoms with E-state index in [4.69, 9.17) is 5.84 Å².